The van der Waals surface area contributed by atoms with Gasteiger partial charge in [0.2, 0.25) is 5.91 Å². The first-order valence-corrected chi connectivity index (χ1v) is 13.7. The zero-order valence-electron chi connectivity index (χ0n) is 22.1. The van der Waals surface area contributed by atoms with Crippen molar-refractivity contribution in [2.75, 3.05) is 25.1 Å². The van der Waals surface area contributed by atoms with Crippen molar-refractivity contribution in [2.45, 2.75) is 89.6 Å². The third kappa shape index (κ3) is 4.57. The lowest BCUT2D eigenvalue weighted by Crippen LogP contribution is -2.42. The lowest BCUT2D eigenvalue weighted by molar-refractivity contribution is -0.143. The second-order valence-electron chi connectivity index (χ2n) is 11.0. The van der Waals surface area contributed by atoms with Crippen LogP contribution in [-0.4, -0.2) is 63.8 Å². The van der Waals surface area contributed by atoms with E-state index in [0.29, 0.717) is 18.7 Å². The molecular weight excluding hydrogens is 472 g/mol. The van der Waals surface area contributed by atoms with Crippen molar-refractivity contribution < 1.29 is 24.2 Å². The van der Waals surface area contributed by atoms with Crippen molar-refractivity contribution in [3.05, 3.63) is 23.5 Å². The number of rotatable bonds is 4. The number of hydrogen-bond acceptors (Lipinski definition) is 5. The van der Waals surface area contributed by atoms with Crippen LogP contribution >= 0.6 is 0 Å². The molecule has 2 amide bonds. The van der Waals surface area contributed by atoms with Gasteiger partial charge in [-0.25, -0.2) is 9.78 Å². The summed E-state index contributed by atoms with van der Waals surface area (Å²) in [6.07, 6.45) is 7.25. The molecule has 1 unspecified atom stereocenters. The van der Waals surface area contributed by atoms with Gasteiger partial charge in [0.25, 0.3) is 0 Å². The molecule has 1 saturated carbocycles. The summed E-state index contributed by atoms with van der Waals surface area (Å²) in [7, 11) is 1.39. The largest absolute Gasteiger partial charge is 0.481 e. The highest BCUT2D eigenvalue weighted by Gasteiger charge is 2.36. The summed E-state index contributed by atoms with van der Waals surface area (Å²) < 4.78 is 7.24. The molecule has 5 rings (SSSR count). The van der Waals surface area contributed by atoms with Gasteiger partial charge in [0.05, 0.1) is 35.7 Å². The fourth-order valence-corrected chi connectivity index (χ4v) is 6.60. The molecule has 37 heavy (non-hydrogen) atoms. The number of aryl methyl sites for hydroxylation is 1. The Labute approximate surface area is 217 Å². The predicted molar refractivity (Wildman–Crippen MR) is 140 cm³/mol. The Morgan fingerprint density at radius 3 is 2.54 bits per heavy atom. The number of benzene rings is 1. The minimum Gasteiger partial charge on any atom is -0.481 e. The fraction of sp³-hybridized carbons (Fsp3) is 0.643. The van der Waals surface area contributed by atoms with Gasteiger partial charge in [-0.3, -0.25) is 14.5 Å². The molecule has 2 aromatic rings. The van der Waals surface area contributed by atoms with E-state index in [-0.39, 0.29) is 18.0 Å². The van der Waals surface area contributed by atoms with E-state index >= 15 is 0 Å². The number of aromatic nitrogens is 2. The van der Waals surface area contributed by atoms with Crippen LogP contribution in [0.3, 0.4) is 0 Å². The molecule has 9 heteroatoms. The quantitative estimate of drug-likeness (QED) is 0.629. The van der Waals surface area contributed by atoms with Crippen LogP contribution in [0.1, 0.15) is 88.6 Å². The molecule has 200 valence electrons. The molecule has 1 aromatic heterocycles. The zero-order chi connectivity index (χ0) is 26.3. The standard InChI is InChI=1S/C28H38N4O5/c1-17-10-11-21-22(31(17)28(36)37-3)12-13-23-24(21)29-25(18(2)26(33)30-14-5-4-6-15-30)32(23)20-9-7-8-19(16-20)27(34)35/h12-13,17-20H,4-11,14-16H2,1-3H3,(H,34,35)/t17-,18?,19+,20+/m0/s1. The molecule has 0 spiro atoms. The Morgan fingerprint density at radius 1 is 1.08 bits per heavy atom. The third-order valence-corrected chi connectivity index (χ3v) is 8.64. The number of methoxy groups -OCH3 is 1. The van der Waals surface area contributed by atoms with E-state index in [1.165, 1.54) is 7.11 Å². The molecule has 1 aromatic carbocycles. The van der Waals surface area contributed by atoms with Gasteiger partial charge in [0.1, 0.15) is 5.82 Å². The number of likely N-dealkylation sites (tertiary alicyclic amines) is 1. The van der Waals surface area contributed by atoms with Crippen LogP contribution in [0.25, 0.3) is 11.0 Å². The number of carbonyl (C=O) groups is 3. The number of carbonyl (C=O) groups excluding carboxylic acids is 2. The fourth-order valence-electron chi connectivity index (χ4n) is 6.60. The highest BCUT2D eigenvalue weighted by Crippen LogP contribution is 2.42. The van der Waals surface area contributed by atoms with Gasteiger partial charge in [0.15, 0.2) is 0 Å². The number of carboxylic acids is 1. The van der Waals surface area contributed by atoms with Crippen LogP contribution in [0, 0.1) is 5.92 Å². The highest BCUT2D eigenvalue weighted by molar-refractivity contribution is 5.96. The number of fused-ring (bicyclic) bond motifs is 3. The molecule has 1 aliphatic carbocycles. The topological polar surface area (TPSA) is 105 Å². The number of imidazole rings is 1. The van der Waals surface area contributed by atoms with Crippen molar-refractivity contribution >= 4 is 34.7 Å². The minimum absolute atomic E-state index is 0.00762. The number of carboxylic acid groups (broad SMARTS) is 1. The lowest BCUT2D eigenvalue weighted by atomic mass is 9.85. The first-order chi connectivity index (χ1) is 17.8. The van der Waals surface area contributed by atoms with Gasteiger partial charge in [-0.05, 0) is 77.3 Å². The number of nitrogens with zero attached hydrogens (tertiary/aromatic N) is 4. The van der Waals surface area contributed by atoms with E-state index in [1.54, 1.807) is 4.90 Å². The molecule has 0 radical (unpaired) electrons. The number of hydrogen-bond donors (Lipinski definition) is 1. The smallest absolute Gasteiger partial charge is 0.414 e. The average molecular weight is 511 g/mol. The van der Waals surface area contributed by atoms with Gasteiger partial charge in [-0.15, -0.1) is 0 Å². The van der Waals surface area contributed by atoms with E-state index < -0.39 is 23.9 Å². The summed E-state index contributed by atoms with van der Waals surface area (Å²) in [5.74, 6) is -0.803. The van der Waals surface area contributed by atoms with Crippen molar-refractivity contribution in [3.8, 4) is 0 Å². The van der Waals surface area contributed by atoms with E-state index in [9.17, 15) is 19.5 Å². The van der Waals surface area contributed by atoms with Crippen molar-refractivity contribution in [3.63, 3.8) is 0 Å². The van der Waals surface area contributed by atoms with E-state index in [1.807, 2.05) is 30.9 Å². The zero-order valence-corrected chi connectivity index (χ0v) is 22.1. The molecule has 3 heterocycles. The molecule has 1 N–H and O–H groups in total. The van der Waals surface area contributed by atoms with Gasteiger partial charge >= 0.3 is 12.1 Å². The maximum Gasteiger partial charge on any atom is 0.414 e. The maximum absolute atomic E-state index is 13.6. The van der Waals surface area contributed by atoms with Crippen LogP contribution in [0.15, 0.2) is 12.1 Å². The van der Waals surface area contributed by atoms with Crippen molar-refractivity contribution in [2.24, 2.45) is 5.92 Å². The van der Waals surface area contributed by atoms with Gasteiger partial charge in [0, 0.05) is 30.7 Å². The Morgan fingerprint density at radius 2 is 1.84 bits per heavy atom. The first-order valence-electron chi connectivity index (χ1n) is 13.7. The maximum atomic E-state index is 13.6. The van der Waals surface area contributed by atoms with Crippen LogP contribution < -0.4 is 4.90 Å². The van der Waals surface area contributed by atoms with Crippen LogP contribution in [0.4, 0.5) is 10.5 Å². The molecule has 0 bridgehead atoms. The summed E-state index contributed by atoms with van der Waals surface area (Å²) in [5, 5.41) is 9.76. The molecule has 2 fully saturated rings. The number of piperidine rings is 1. The predicted octanol–water partition coefficient (Wildman–Crippen LogP) is 4.88. The number of ether oxygens (including phenoxy) is 1. The van der Waals surface area contributed by atoms with Gasteiger partial charge < -0.3 is 19.3 Å². The highest BCUT2D eigenvalue weighted by atomic mass is 16.5. The van der Waals surface area contributed by atoms with E-state index in [2.05, 4.69) is 4.57 Å². The normalized spacial score (nSPS) is 25.0. The molecule has 4 atom stereocenters. The van der Waals surface area contributed by atoms with Crippen molar-refractivity contribution in [1.82, 2.24) is 14.5 Å². The SMILES string of the molecule is COC(=O)N1c2ccc3c(nc(C(C)C(=O)N4CCCCC4)n3[C@@H]3CCC[C@@H](C(=O)O)C3)c2CC[C@@H]1C. The number of amides is 2. The number of anilines is 1. The number of aliphatic carboxylic acids is 1. The molecule has 2 aliphatic heterocycles. The first kappa shape index (κ1) is 25.5. The third-order valence-electron chi connectivity index (χ3n) is 8.64. The summed E-state index contributed by atoms with van der Waals surface area (Å²) in [6, 6.07) is 3.92. The minimum atomic E-state index is -0.756. The Hall–Kier alpha value is -3.10. The second-order valence-corrected chi connectivity index (χ2v) is 11.0. The van der Waals surface area contributed by atoms with Crippen LogP contribution in [0.5, 0.6) is 0 Å². The Balaban J connectivity index is 1.63. The van der Waals surface area contributed by atoms with E-state index in [4.69, 9.17) is 9.72 Å². The van der Waals surface area contributed by atoms with Gasteiger partial charge in [-0.2, -0.15) is 0 Å². The van der Waals surface area contributed by atoms with Crippen LogP contribution in [0.2, 0.25) is 0 Å². The van der Waals surface area contributed by atoms with Gasteiger partial charge in [-0.1, -0.05) is 6.42 Å². The second kappa shape index (κ2) is 10.3. The summed E-state index contributed by atoms with van der Waals surface area (Å²) >= 11 is 0. The molecular formula is C28H38N4O5. The van der Waals surface area contributed by atoms with Crippen molar-refractivity contribution in [1.29, 1.82) is 0 Å². The van der Waals surface area contributed by atoms with Crippen LogP contribution in [-0.2, 0) is 20.7 Å². The Kier molecular flexibility index (Phi) is 7.14. The summed E-state index contributed by atoms with van der Waals surface area (Å²) in [6.45, 7) is 5.49. The Bertz CT molecular complexity index is 1200. The molecule has 3 aliphatic rings. The monoisotopic (exact) mass is 510 g/mol. The average Bonchev–Trinajstić information content (AvgIpc) is 3.32. The van der Waals surface area contributed by atoms with E-state index in [0.717, 1.165) is 80.3 Å². The molecule has 9 nitrogen and oxygen atoms in total. The molecule has 1 saturated heterocycles. The summed E-state index contributed by atoms with van der Waals surface area (Å²) in [5.41, 5.74) is 3.52. The lowest BCUT2D eigenvalue weighted by Gasteiger charge is -2.34. The summed E-state index contributed by atoms with van der Waals surface area (Å²) in [4.78, 5) is 46.9.